The average Bonchev–Trinajstić information content (AvgIpc) is 3.27. The summed E-state index contributed by atoms with van der Waals surface area (Å²) < 4.78 is 1.42. The number of likely N-dealkylation sites (tertiary alicyclic amines) is 1. The van der Waals surface area contributed by atoms with Crippen molar-refractivity contribution in [2.75, 3.05) is 6.54 Å². The molecule has 1 aliphatic rings. The van der Waals surface area contributed by atoms with Gasteiger partial charge in [-0.3, -0.25) is 18.9 Å². The summed E-state index contributed by atoms with van der Waals surface area (Å²) >= 11 is 0. The van der Waals surface area contributed by atoms with Gasteiger partial charge in [0.2, 0.25) is 0 Å². The molecule has 0 radical (unpaired) electrons. The molecule has 1 aliphatic heterocycles. The summed E-state index contributed by atoms with van der Waals surface area (Å²) in [5.74, 6) is -0.363. The Hall–Kier alpha value is -3.45. The summed E-state index contributed by atoms with van der Waals surface area (Å²) in [5, 5.41) is 4.05. The minimum Gasteiger partial charge on any atom is -0.357 e. The van der Waals surface area contributed by atoms with E-state index in [-0.39, 0.29) is 17.2 Å². The van der Waals surface area contributed by atoms with Crippen LogP contribution in [0.15, 0.2) is 59.5 Å². The van der Waals surface area contributed by atoms with Gasteiger partial charge in [0.25, 0.3) is 11.5 Å². The van der Waals surface area contributed by atoms with Crippen molar-refractivity contribution in [3.63, 3.8) is 0 Å². The quantitative estimate of drug-likeness (QED) is 0.408. The fourth-order valence-electron chi connectivity index (χ4n) is 5.02. The molecule has 0 aliphatic carbocycles. The minimum absolute atomic E-state index is 0.123. The van der Waals surface area contributed by atoms with Crippen molar-refractivity contribution in [3.8, 4) is 0 Å². The van der Waals surface area contributed by atoms with Gasteiger partial charge in [0.05, 0.1) is 0 Å². The molecule has 1 amide bonds. The molecule has 0 spiro atoms. The molecule has 5 rings (SSSR count). The number of aromatic nitrogens is 3. The van der Waals surface area contributed by atoms with Gasteiger partial charge in [0.15, 0.2) is 0 Å². The zero-order valence-corrected chi connectivity index (χ0v) is 22.0. The van der Waals surface area contributed by atoms with Gasteiger partial charge < -0.3 is 10.3 Å². The van der Waals surface area contributed by atoms with Crippen molar-refractivity contribution in [1.82, 2.24) is 24.6 Å². The first-order chi connectivity index (χ1) is 17.3. The highest BCUT2D eigenvalue weighted by molar-refractivity contribution is 5.92. The first kappa shape index (κ1) is 25.6. The smallest absolute Gasteiger partial charge is 0.270 e. The summed E-state index contributed by atoms with van der Waals surface area (Å²) in [7, 11) is 0. The van der Waals surface area contributed by atoms with E-state index >= 15 is 0 Å². The van der Waals surface area contributed by atoms with Crippen LogP contribution in [0.25, 0.3) is 16.6 Å². The van der Waals surface area contributed by atoms with Crippen LogP contribution in [0.2, 0.25) is 0 Å². The van der Waals surface area contributed by atoms with Crippen LogP contribution < -0.4 is 10.9 Å². The van der Waals surface area contributed by atoms with Crippen LogP contribution in [0.3, 0.4) is 0 Å². The van der Waals surface area contributed by atoms with Crippen LogP contribution in [0.5, 0.6) is 0 Å². The predicted octanol–water partition coefficient (Wildman–Crippen LogP) is 5.14. The molecule has 1 unspecified atom stereocenters. The van der Waals surface area contributed by atoms with Crippen molar-refractivity contribution in [2.24, 2.45) is 5.41 Å². The highest BCUT2D eigenvalue weighted by Gasteiger charge is 2.30. The summed E-state index contributed by atoms with van der Waals surface area (Å²) in [5.41, 5.74) is 3.98. The molecular formula is C29H37N5O2. The van der Waals surface area contributed by atoms with Crippen molar-refractivity contribution in [3.05, 3.63) is 82.0 Å². The number of carbonyl (C=O) groups is 1. The third-order valence-corrected chi connectivity index (χ3v) is 6.92. The van der Waals surface area contributed by atoms with E-state index < -0.39 is 0 Å². The van der Waals surface area contributed by atoms with Crippen molar-refractivity contribution in [1.29, 1.82) is 0 Å². The number of aromatic amines is 1. The molecule has 1 fully saturated rings. The first-order valence-corrected chi connectivity index (χ1v) is 12.9. The van der Waals surface area contributed by atoms with Gasteiger partial charge >= 0.3 is 0 Å². The lowest BCUT2D eigenvalue weighted by Gasteiger charge is -2.41. The topological polar surface area (TPSA) is 82.5 Å². The number of rotatable bonds is 5. The van der Waals surface area contributed by atoms with E-state index in [4.69, 9.17) is 0 Å². The maximum Gasteiger partial charge on any atom is 0.270 e. The number of fused-ring (bicyclic) bond motifs is 2. The second-order valence-corrected chi connectivity index (χ2v) is 10.2. The molecule has 4 heterocycles. The lowest BCUT2D eigenvalue weighted by Crippen LogP contribution is -2.43. The molecule has 0 saturated carbocycles. The maximum absolute atomic E-state index is 12.6. The largest absolute Gasteiger partial charge is 0.357 e. The Kier molecular flexibility index (Phi) is 7.59. The van der Waals surface area contributed by atoms with Gasteiger partial charge in [-0.2, -0.15) is 0 Å². The predicted molar refractivity (Wildman–Crippen MR) is 145 cm³/mol. The summed E-state index contributed by atoms with van der Waals surface area (Å²) in [6.45, 7) is 13.4. The number of piperidine rings is 1. The summed E-state index contributed by atoms with van der Waals surface area (Å²) in [6.07, 6.45) is 4.08. The van der Waals surface area contributed by atoms with Crippen LogP contribution in [0, 0.1) is 5.41 Å². The lowest BCUT2D eigenvalue weighted by molar-refractivity contribution is 0.0733. The molecule has 1 aromatic carbocycles. The highest BCUT2D eigenvalue weighted by atomic mass is 16.2. The van der Waals surface area contributed by atoms with E-state index in [2.05, 4.69) is 59.2 Å². The molecule has 190 valence electrons. The second kappa shape index (κ2) is 10.7. The zero-order chi connectivity index (χ0) is 25.9. The van der Waals surface area contributed by atoms with Gasteiger partial charge in [-0.25, -0.2) is 4.98 Å². The lowest BCUT2D eigenvalue weighted by atomic mass is 9.79. The van der Waals surface area contributed by atoms with Crippen molar-refractivity contribution < 1.29 is 4.79 Å². The number of nitrogens with zero attached hydrogens (tertiary/aromatic N) is 3. The average molecular weight is 488 g/mol. The Bertz CT molecular complexity index is 1420. The molecule has 0 bridgehead atoms. The molecule has 7 heteroatoms. The SMILES string of the molecule is CC.CC1CC(C)(C)CCN1Cc1cc2ccc(CNC(=O)c3cc(=O)n4ccccc4n3)cc2[nH]1. The van der Waals surface area contributed by atoms with E-state index in [0.717, 1.165) is 24.2 Å². The van der Waals surface area contributed by atoms with E-state index in [1.807, 2.05) is 19.9 Å². The molecule has 1 saturated heterocycles. The van der Waals surface area contributed by atoms with Gasteiger partial charge in [-0.15, -0.1) is 0 Å². The Balaban J connectivity index is 0.00000148. The number of amides is 1. The normalized spacial score (nSPS) is 17.5. The second-order valence-electron chi connectivity index (χ2n) is 10.2. The fourth-order valence-corrected chi connectivity index (χ4v) is 5.02. The van der Waals surface area contributed by atoms with E-state index in [9.17, 15) is 9.59 Å². The van der Waals surface area contributed by atoms with Gasteiger partial charge in [-0.1, -0.05) is 45.9 Å². The van der Waals surface area contributed by atoms with E-state index in [0.29, 0.717) is 23.6 Å². The Morgan fingerprint density at radius 2 is 1.97 bits per heavy atom. The monoisotopic (exact) mass is 487 g/mol. The number of H-pyrrole nitrogens is 1. The van der Waals surface area contributed by atoms with Gasteiger partial charge in [0.1, 0.15) is 11.3 Å². The molecule has 4 aromatic rings. The van der Waals surface area contributed by atoms with E-state index in [1.165, 1.54) is 34.4 Å². The number of benzene rings is 1. The third kappa shape index (κ3) is 5.68. The molecule has 3 aromatic heterocycles. The maximum atomic E-state index is 12.6. The molecule has 36 heavy (non-hydrogen) atoms. The summed E-state index contributed by atoms with van der Waals surface area (Å²) in [4.78, 5) is 35.3. The van der Waals surface area contributed by atoms with Crippen molar-refractivity contribution in [2.45, 2.75) is 66.6 Å². The van der Waals surface area contributed by atoms with Gasteiger partial charge in [0, 0.05) is 42.6 Å². The van der Waals surface area contributed by atoms with Crippen LogP contribution in [0.4, 0.5) is 0 Å². The minimum atomic E-state index is -0.363. The van der Waals surface area contributed by atoms with Gasteiger partial charge in [-0.05, 0) is 66.9 Å². The molecular weight excluding hydrogens is 450 g/mol. The fraction of sp³-hybridized carbons (Fsp3) is 0.414. The Labute approximate surface area is 212 Å². The van der Waals surface area contributed by atoms with Crippen LogP contribution in [0.1, 0.15) is 69.2 Å². The standard InChI is InChI=1S/C27H31N5O2.C2H6/c1-18-15-27(2,3)9-11-31(18)17-21-13-20-8-7-19(12-22(20)29-21)16-28-26(34)23-14-25(33)32-10-5-4-6-24(32)30-23;1-2/h4-8,10,12-14,18,29H,9,11,15-17H2,1-3H3,(H,28,34);1-2H3. The first-order valence-electron chi connectivity index (χ1n) is 12.9. The number of carbonyl (C=O) groups excluding carboxylic acids is 1. The molecule has 7 nitrogen and oxygen atoms in total. The Morgan fingerprint density at radius 1 is 1.17 bits per heavy atom. The Morgan fingerprint density at radius 3 is 2.75 bits per heavy atom. The number of hydrogen-bond donors (Lipinski definition) is 2. The van der Waals surface area contributed by atoms with Crippen LogP contribution in [-0.4, -0.2) is 37.8 Å². The van der Waals surface area contributed by atoms with E-state index in [1.54, 1.807) is 24.4 Å². The number of hydrogen-bond acceptors (Lipinski definition) is 4. The zero-order valence-electron chi connectivity index (χ0n) is 22.0. The third-order valence-electron chi connectivity index (χ3n) is 6.92. The van der Waals surface area contributed by atoms with Crippen LogP contribution >= 0.6 is 0 Å². The van der Waals surface area contributed by atoms with Crippen LogP contribution in [-0.2, 0) is 13.1 Å². The summed E-state index contributed by atoms with van der Waals surface area (Å²) in [6, 6.07) is 15.5. The number of nitrogens with one attached hydrogen (secondary N) is 2. The molecule has 2 N–H and O–H groups in total. The van der Waals surface area contributed by atoms with Crippen molar-refractivity contribution >= 4 is 22.5 Å². The number of pyridine rings is 1. The molecule has 1 atom stereocenters. The highest BCUT2D eigenvalue weighted by Crippen LogP contribution is 2.34.